The van der Waals surface area contributed by atoms with Crippen LogP contribution in [0.15, 0.2) is 48.5 Å². The van der Waals surface area contributed by atoms with Crippen LogP contribution in [0.2, 0.25) is 0 Å². The van der Waals surface area contributed by atoms with E-state index in [1.807, 2.05) is 19.9 Å². The van der Waals surface area contributed by atoms with Gasteiger partial charge in [-0.05, 0) is 50.2 Å². The Labute approximate surface area is 158 Å². The van der Waals surface area contributed by atoms with E-state index in [0.29, 0.717) is 30.4 Å². The molecule has 2 N–H and O–H groups in total. The number of benzene rings is 2. The fourth-order valence-corrected chi connectivity index (χ4v) is 2.22. The Balaban J connectivity index is 1.74. The number of carbonyl (C=O) groups is 2. The van der Waals surface area contributed by atoms with E-state index in [0.717, 1.165) is 5.75 Å². The lowest BCUT2D eigenvalue weighted by Gasteiger charge is -2.11. The van der Waals surface area contributed by atoms with Crippen molar-refractivity contribution in [2.24, 2.45) is 0 Å². The number of nitrogens with one attached hydrogen (secondary N) is 2. The number of ether oxygens (including phenoxy) is 3. The number of hydrogen-bond acceptors (Lipinski definition) is 5. The summed E-state index contributed by atoms with van der Waals surface area (Å²) in [6, 6.07) is 14.1. The highest BCUT2D eigenvalue weighted by Gasteiger charge is 2.09. The van der Waals surface area contributed by atoms with Gasteiger partial charge < -0.3 is 24.8 Å². The minimum absolute atomic E-state index is 0.150. The van der Waals surface area contributed by atoms with Gasteiger partial charge in [-0.25, -0.2) is 0 Å². The third kappa shape index (κ3) is 6.89. The predicted octanol–water partition coefficient (Wildman–Crippen LogP) is 2.62. The van der Waals surface area contributed by atoms with Crippen LogP contribution >= 0.6 is 0 Å². The van der Waals surface area contributed by atoms with Gasteiger partial charge >= 0.3 is 0 Å². The molecule has 0 saturated carbocycles. The molecule has 0 aromatic heterocycles. The molecule has 0 unspecified atom stereocenters. The molecule has 2 aromatic carbocycles. The highest BCUT2D eigenvalue weighted by Crippen LogP contribution is 2.26. The highest BCUT2D eigenvalue weighted by molar-refractivity contribution is 5.94. The molecule has 0 spiro atoms. The van der Waals surface area contributed by atoms with E-state index in [9.17, 15) is 9.59 Å². The Bertz CT molecular complexity index is 746. The van der Waals surface area contributed by atoms with Gasteiger partial charge in [0.25, 0.3) is 5.91 Å². The molecule has 0 bridgehead atoms. The zero-order valence-corrected chi connectivity index (χ0v) is 15.5. The first kappa shape index (κ1) is 20.1. The largest absolute Gasteiger partial charge is 0.494 e. The van der Waals surface area contributed by atoms with Crippen LogP contribution < -0.4 is 24.8 Å². The third-order valence-electron chi connectivity index (χ3n) is 3.40. The molecule has 7 heteroatoms. The van der Waals surface area contributed by atoms with Crippen molar-refractivity contribution in [2.45, 2.75) is 13.8 Å². The molecule has 2 amide bonds. The van der Waals surface area contributed by atoms with Crippen LogP contribution in [0.4, 0.5) is 5.69 Å². The molecule has 0 saturated heterocycles. The normalized spacial score (nSPS) is 10.0. The maximum atomic E-state index is 11.9. The summed E-state index contributed by atoms with van der Waals surface area (Å²) >= 11 is 0. The van der Waals surface area contributed by atoms with Crippen molar-refractivity contribution in [3.8, 4) is 17.2 Å². The number of carbonyl (C=O) groups excluding carboxylic acids is 2. The Morgan fingerprint density at radius 2 is 1.44 bits per heavy atom. The van der Waals surface area contributed by atoms with E-state index in [-0.39, 0.29) is 19.1 Å². The molecule has 2 aromatic rings. The fraction of sp³-hybridized carbons (Fsp3) is 0.300. The topological polar surface area (TPSA) is 85.9 Å². The second kappa shape index (κ2) is 10.7. The maximum absolute atomic E-state index is 11.9. The van der Waals surface area contributed by atoms with Crippen LogP contribution in [0.3, 0.4) is 0 Å². The van der Waals surface area contributed by atoms with Crippen molar-refractivity contribution in [1.29, 1.82) is 0 Å². The lowest BCUT2D eigenvalue weighted by molar-refractivity contribution is -0.125. The Morgan fingerprint density at radius 1 is 0.815 bits per heavy atom. The summed E-state index contributed by atoms with van der Waals surface area (Å²) < 4.78 is 16.2. The molecular weight excluding hydrogens is 348 g/mol. The van der Waals surface area contributed by atoms with Gasteiger partial charge in [-0.15, -0.1) is 0 Å². The summed E-state index contributed by atoms with van der Waals surface area (Å²) in [6.07, 6.45) is 0. The van der Waals surface area contributed by atoms with Crippen molar-refractivity contribution in [1.82, 2.24) is 5.32 Å². The van der Waals surface area contributed by atoms with Gasteiger partial charge in [-0.2, -0.15) is 0 Å². The van der Waals surface area contributed by atoms with Crippen LogP contribution in [0.1, 0.15) is 13.8 Å². The minimum Gasteiger partial charge on any atom is -0.494 e. The predicted molar refractivity (Wildman–Crippen MR) is 102 cm³/mol. The first-order valence-corrected chi connectivity index (χ1v) is 8.76. The standard InChI is InChI=1S/C20H24N2O5/c1-3-25-16-11-9-15(10-12-16)22-19(23)13-21-20(24)14-27-18-8-6-5-7-17(18)26-4-2/h5-12H,3-4,13-14H2,1-2H3,(H,21,24)(H,22,23). The van der Waals surface area contributed by atoms with E-state index in [2.05, 4.69) is 10.6 Å². The molecule has 2 rings (SSSR count). The van der Waals surface area contributed by atoms with E-state index < -0.39 is 5.91 Å². The summed E-state index contributed by atoms with van der Waals surface area (Å²) in [5, 5.41) is 5.21. The highest BCUT2D eigenvalue weighted by atomic mass is 16.5. The molecule has 27 heavy (non-hydrogen) atoms. The third-order valence-corrected chi connectivity index (χ3v) is 3.40. The number of amides is 2. The van der Waals surface area contributed by atoms with Gasteiger partial charge in [-0.1, -0.05) is 12.1 Å². The average Bonchev–Trinajstić information content (AvgIpc) is 2.68. The van der Waals surface area contributed by atoms with Gasteiger partial charge in [0.1, 0.15) is 5.75 Å². The molecule has 0 fully saturated rings. The van der Waals surface area contributed by atoms with Crippen LogP contribution in [-0.4, -0.2) is 38.2 Å². The van der Waals surface area contributed by atoms with Crippen LogP contribution in [0.5, 0.6) is 17.2 Å². The molecule has 0 aliphatic carbocycles. The van der Waals surface area contributed by atoms with Gasteiger partial charge in [0, 0.05) is 5.69 Å². The van der Waals surface area contributed by atoms with Crippen molar-refractivity contribution in [3.63, 3.8) is 0 Å². The van der Waals surface area contributed by atoms with Gasteiger partial charge in [0.15, 0.2) is 18.1 Å². The molecule has 0 atom stereocenters. The first-order chi connectivity index (χ1) is 13.1. The Hall–Kier alpha value is -3.22. The average molecular weight is 372 g/mol. The molecule has 0 heterocycles. The number of rotatable bonds is 10. The zero-order valence-electron chi connectivity index (χ0n) is 15.5. The molecule has 144 valence electrons. The zero-order chi connectivity index (χ0) is 19.5. The van der Waals surface area contributed by atoms with E-state index in [4.69, 9.17) is 14.2 Å². The van der Waals surface area contributed by atoms with Crippen molar-refractivity contribution < 1.29 is 23.8 Å². The van der Waals surface area contributed by atoms with Crippen LogP contribution in [0.25, 0.3) is 0 Å². The molecule has 0 aliphatic heterocycles. The summed E-state index contributed by atoms with van der Waals surface area (Å²) in [6.45, 7) is 4.49. The summed E-state index contributed by atoms with van der Waals surface area (Å²) in [5.74, 6) is 1.05. The SMILES string of the molecule is CCOc1ccc(NC(=O)CNC(=O)COc2ccccc2OCC)cc1. The Morgan fingerprint density at radius 3 is 2.07 bits per heavy atom. The number of hydrogen-bond donors (Lipinski definition) is 2. The van der Waals surface area contributed by atoms with Crippen molar-refractivity contribution in [2.75, 3.05) is 31.7 Å². The molecular formula is C20H24N2O5. The van der Waals surface area contributed by atoms with E-state index in [1.165, 1.54) is 0 Å². The molecule has 0 radical (unpaired) electrons. The Kier molecular flexibility index (Phi) is 7.96. The smallest absolute Gasteiger partial charge is 0.258 e. The van der Waals surface area contributed by atoms with Crippen LogP contribution in [-0.2, 0) is 9.59 Å². The monoisotopic (exact) mass is 372 g/mol. The van der Waals surface area contributed by atoms with Gasteiger partial charge in [0.05, 0.1) is 19.8 Å². The fourth-order valence-electron chi connectivity index (χ4n) is 2.22. The summed E-state index contributed by atoms with van der Waals surface area (Å²) in [4.78, 5) is 23.8. The minimum atomic E-state index is -0.400. The first-order valence-electron chi connectivity index (χ1n) is 8.76. The van der Waals surface area contributed by atoms with Crippen molar-refractivity contribution >= 4 is 17.5 Å². The van der Waals surface area contributed by atoms with E-state index in [1.54, 1.807) is 42.5 Å². The molecule has 7 nitrogen and oxygen atoms in total. The van der Waals surface area contributed by atoms with Gasteiger partial charge in [0.2, 0.25) is 5.91 Å². The van der Waals surface area contributed by atoms with Gasteiger partial charge in [-0.3, -0.25) is 9.59 Å². The second-order valence-corrected chi connectivity index (χ2v) is 5.45. The lowest BCUT2D eigenvalue weighted by atomic mass is 10.3. The summed E-state index contributed by atoms with van der Waals surface area (Å²) in [5.41, 5.74) is 0.625. The number of para-hydroxylation sites is 2. The maximum Gasteiger partial charge on any atom is 0.258 e. The quantitative estimate of drug-likeness (QED) is 0.670. The number of anilines is 1. The second-order valence-electron chi connectivity index (χ2n) is 5.45. The van der Waals surface area contributed by atoms with Crippen molar-refractivity contribution in [3.05, 3.63) is 48.5 Å². The molecule has 0 aliphatic rings. The summed E-state index contributed by atoms with van der Waals surface area (Å²) in [7, 11) is 0. The lowest BCUT2D eigenvalue weighted by Crippen LogP contribution is -2.35. The van der Waals surface area contributed by atoms with Crippen LogP contribution in [0, 0.1) is 0 Å². The van der Waals surface area contributed by atoms with E-state index >= 15 is 0 Å².